The predicted molar refractivity (Wildman–Crippen MR) is 68.6 cm³/mol. The van der Waals surface area contributed by atoms with Crippen LogP contribution in [-0.4, -0.2) is 66.2 Å². The monoisotopic (exact) mass is 257 g/mol. The highest BCUT2D eigenvalue weighted by Crippen LogP contribution is 2.07. The van der Waals surface area contributed by atoms with Crippen molar-refractivity contribution in [3.05, 3.63) is 0 Å². The van der Waals surface area contributed by atoms with Crippen molar-refractivity contribution in [1.82, 2.24) is 15.1 Å². The Labute approximate surface area is 108 Å². The normalized spacial score (nSPS) is 17.4. The summed E-state index contributed by atoms with van der Waals surface area (Å²) in [7, 11) is 1.61. The number of amides is 2. The third-order valence-electron chi connectivity index (χ3n) is 3.11. The van der Waals surface area contributed by atoms with Gasteiger partial charge in [-0.05, 0) is 32.9 Å². The van der Waals surface area contributed by atoms with Gasteiger partial charge in [0.05, 0.1) is 6.42 Å². The summed E-state index contributed by atoms with van der Waals surface area (Å²) in [6.45, 7) is 5.28. The van der Waals surface area contributed by atoms with Gasteiger partial charge in [0.25, 0.3) is 0 Å². The van der Waals surface area contributed by atoms with Crippen molar-refractivity contribution in [2.45, 2.75) is 32.2 Å². The highest BCUT2D eigenvalue weighted by molar-refractivity contribution is 5.75. The molecule has 0 aliphatic carbocycles. The molecule has 1 atom stereocenters. The van der Waals surface area contributed by atoms with Crippen molar-refractivity contribution in [3.8, 4) is 0 Å². The Morgan fingerprint density at radius 1 is 1.39 bits per heavy atom. The van der Waals surface area contributed by atoms with E-state index < -0.39 is 5.97 Å². The van der Waals surface area contributed by atoms with Crippen LogP contribution in [0.25, 0.3) is 0 Å². The zero-order valence-corrected chi connectivity index (χ0v) is 11.2. The minimum atomic E-state index is -0.889. The van der Waals surface area contributed by atoms with Gasteiger partial charge in [-0.25, -0.2) is 4.79 Å². The van der Waals surface area contributed by atoms with Gasteiger partial charge in [0.1, 0.15) is 0 Å². The van der Waals surface area contributed by atoms with Crippen molar-refractivity contribution in [1.29, 1.82) is 0 Å². The summed E-state index contributed by atoms with van der Waals surface area (Å²) < 4.78 is 0. The molecule has 0 saturated carbocycles. The number of carbonyl (C=O) groups excluding carboxylic acids is 1. The lowest BCUT2D eigenvalue weighted by atomic mass is 10.3. The molecule has 2 N–H and O–H groups in total. The van der Waals surface area contributed by atoms with Gasteiger partial charge >= 0.3 is 12.0 Å². The summed E-state index contributed by atoms with van der Waals surface area (Å²) >= 11 is 0. The summed E-state index contributed by atoms with van der Waals surface area (Å²) in [6, 6.07) is -0.120. The van der Waals surface area contributed by atoms with Gasteiger partial charge in [-0.2, -0.15) is 0 Å². The number of carboxylic acids is 1. The Hall–Kier alpha value is -1.30. The van der Waals surface area contributed by atoms with Gasteiger partial charge < -0.3 is 20.2 Å². The van der Waals surface area contributed by atoms with Crippen molar-refractivity contribution >= 4 is 12.0 Å². The molecule has 6 heteroatoms. The van der Waals surface area contributed by atoms with Crippen molar-refractivity contribution < 1.29 is 14.7 Å². The molecule has 0 bridgehead atoms. The van der Waals surface area contributed by atoms with Crippen LogP contribution in [0.3, 0.4) is 0 Å². The molecule has 0 aromatic rings. The van der Waals surface area contributed by atoms with E-state index in [9.17, 15) is 9.59 Å². The van der Waals surface area contributed by atoms with Gasteiger partial charge in [0.2, 0.25) is 0 Å². The third-order valence-corrected chi connectivity index (χ3v) is 3.11. The smallest absolute Gasteiger partial charge is 0.317 e. The SMILES string of the molecule is CC(CN1CCCC1)NC(=O)N(C)CCC(=O)O. The van der Waals surface area contributed by atoms with E-state index in [1.807, 2.05) is 6.92 Å². The van der Waals surface area contributed by atoms with Gasteiger partial charge in [-0.1, -0.05) is 0 Å². The Kier molecular flexibility index (Phi) is 5.91. The van der Waals surface area contributed by atoms with Gasteiger partial charge in [0.15, 0.2) is 0 Å². The Morgan fingerprint density at radius 3 is 2.56 bits per heavy atom. The van der Waals surface area contributed by atoms with E-state index in [1.54, 1.807) is 7.05 Å². The molecular formula is C12H23N3O3. The maximum atomic E-state index is 11.7. The molecule has 1 aliphatic rings. The second kappa shape index (κ2) is 7.20. The summed E-state index contributed by atoms with van der Waals surface area (Å²) in [5.74, 6) is -0.889. The summed E-state index contributed by atoms with van der Waals surface area (Å²) in [5, 5.41) is 11.4. The first-order valence-electron chi connectivity index (χ1n) is 6.45. The number of hydrogen-bond acceptors (Lipinski definition) is 3. The maximum Gasteiger partial charge on any atom is 0.317 e. The van der Waals surface area contributed by atoms with Crippen LogP contribution in [-0.2, 0) is 4.79 Å². The second-order valence-electron chi connectivity index (χ2n) is 4.92. The third kappa shape index (κ3) is 5.35. The minimum absolute atomic E-state index is 0.0234. The molecule has 0 radical (unpaired) electrons. The largest absolute Gasteiger partial charge is 0.481 e. The molecule has 1 rings (SSSR count). The first-order chi connectivity index (χ1) is 8.49. The van der Waals surface area contributed by atoms with Gasteiger partial charge in [-0.15, -0.1) is 0 Å². The second-order valence-corrected chi connectivity index (χ2v) is 4.92. The van der Waals surface area contributed by atoms with E-state index in [0.717, 1.165) is 19.6 Å². The molecule has 1 heterocycles. The average molecular weight is 257 g/mol. The van der Waals surface area contributed by atoms with Crippen LogP contribution in [0.2, 0.25) is 0 Å². The van der Waals surface area contributed by atoms with Gasteiger partial charge in [0, 0.05) is 26.2 Å². The van der Waals surface area contributed by atoms with Crippen LogP contribution in [0.1, 0.15) is 26.2 Å². The van der Waals surface area contributed by atoms with Crippen LogP contribution in [0.5, 0.6) is 0 Å². The number of nitrogens with zero attached hydrogens (tertiary/aromatic N) is 2. The molecule has 1 saturated heterocycles. The van der Waals surface area contributed by atoms with Crippen LogP contribution >= 0.6 is 0 Å². The highest BCUT2D eigenvalue weighted by atomic mass is 16.4. The summed E-state index contributed by atoms with van der Waals surface area (Å²) in [5.41, 5.74) is 0. The highest BCUT2D eigenvalue weighted by Gasteiger charge is 2.17. The number of carboxylic acid groups (broad SMARTS) is 1. The molecule has 0 aromatic heterocycles. The standard InChI is InChI=1S/C12H23N3O3/c1-10(9-15-6-3-4-7-15)13-12(18)14(2)8-5-11(16)17/h10H,3-9H2,1-2H3,(H,13,18)(H,16,17). The van der Waals surface area contributed by atoms with Crippen LogP contribution in [0, 0.1) is 0 Å². The zero-order valence-electron chi connectivity index (χ0n) is 11.2. The molecule has 1 aliphatic heterocycles. The summed E-state index contributed by atoms with van der Waals surface area (Å²) in [6.07, 6.45) is 2.45. The average Bonchev–Trinajstić information content (AvgIpc) is 2.78. The minimum Gasteiger partial charge on any atom is -0.481 e. The number of carbonyl (C=O) groups is 2. The Morgan fingerprint density at radius 2 is 2.00 bits per heavy atom. The molecule has 2 amide bonds. The van der Waals surface area contributed by atoms with Crippen LogP contribution in [0.15, 0.2) is 0 Å². The zero-order chi connectivity index (χ0) is 13.5. The first-order valence-corrected chi connectivity index (χ1v) is 6.45. The lowest BCUT2D eigenvalue weighted by Gasteiger charge is -2.24. The number of likely N-dealkylation sites (tertiary alicyclic amines) is 1. The van der Waals surface area contributed by atoms with Crippen molar-refractivity contribution in [2.75, 3.05) is 33.2 Å². The first kappa shape index (κ1) is 14.8. The Bertz CT molecular complexity index is 290. The van der Waals surface area contributed by atoms with E-state index in [2.05, 4.69) is 10.2 Å². The molecular weight excluding hydrogens is 234 g/mol. The number of rotatable bonds is 6. The molecule has 0 spiro atoms. The molecule has 18 heavy (non-hydrogen) atoms. The van der Waals surface area contributed by atoms with Crippen molar-refractivity contribution in [3.63, 3.8) is 0 Å². The number of aliphatic carboxylic acids is 1. The number of nitrogens with one attached hydrogen (secondary N) is 1. The van der Waals surface area contributed by atoms with E-state index in [1.165, 1.54) is 17.7 Å². The Balaban J connectivity index is 2.22. The molecule has 6 nitrogen and oxygen atoms in total. The van der Waals surface area contributed by atoms with Crippen molar-refractivity contribution in [2.24, 2.45) is 0 Å². The lowest BCUT2D eigenvalue weighted by molar-refractivity contribution is -0.137. The lowest BCUT2D eigenvalue weighted by Crippen LogP contribution is -2.46. The quantitative estimate of drug-likeness (QED) is 0.730. The molecule has 1 unspecified atom stereocenters. The molecule has 1 fully saturated rings. The topological polar surface area (TPSA) is 72.9 Å². The number of hydrogen-bond donors (Lipinski definition) is 2. The number of urea groups is 1. The van der Waals surface area contributed by atoms with E-state index in [4.69, 9.17) is 5.11 Å². The molecule has 104 valence electrons. The fourth-order valence-electron chi connectivity index (χ4n) is 2.08. The van der Waals surface area contributed by atoms with E-state index in [0.29, 0.717) is 0 Å². The molecule has 0 aromatic carbocycles. The van der Waals surface area contributed by atoms with Crippen LogP contribution < -0.4 is 5.32 Å². The summed E-state index contributed by atoms with van der Waals surface area (Å²) in [4.78, 5) is 25.9. The van der Waals surface area contributed by atoms with Crippen LogP contribution in [0.4, 0.5) is 4.79 Å². The van der Waals surface area contributed by atoms with Gasteiger partial charge in [-0.3, -0.25) is 4.79 Å². The van der Waals surface area contributed by atoms with E-state index in [-0.39, 0.29) is 25.0 Å². The fourth-order valence-corrected chi connectivity index (χ4v) is 2.08. The maximum absolute atomic E-state index is 11.7. The fraction of sp³-hybridized carbons (Fsp3) is 0.833. The predicted octanol–water partition coefficient (Wildman–Crippen LogP) is 0.587. The van der Waals surface area contributed by atoms with E-state index >= 15 is 0 Å².